The summed E-state index contributed by atoms with van der Waals surface area (Å²) in [6.45, 7) is 5.08. The van der Waals surface area contributed by atoms with Crippen molar-refractivity contribution < 1.29 is 9.53 Å². The molecule has 0 aromatic carbocycles. The molecule has 1 heterocycles. The van der Waals surface area contributed by atoms with Gasteiger partial charge in [0.05, 0.1) is 0 Å². The van der Waals surface area contributed by atoms with Crippen LogP contribution in [0.25, 0.3) is 0 Å². The average molecular weight is 142 g/mol. The van der Waals surface area contributed by atoms with Crippen LogP contribution in [0.5, 0.6) is 0 Å². The smallest absolute Gasteiger partial charge is 0.148 e. The molecule has 1 aliphatic heterocycles. The van der Waals surface area contributed by atoms with Gasteiger partial charge in [0.25, 0.3) is 0 Å². The van der Waals surface area contributed by atoms with E-state index in [1.165, 1.54) is 0 Å². The van der Waals surface area contributed by atoms with Crippen LogP contribution < -0.4 is 0 Å². The Hall–Kier alpha value is -0.370. The Labute approximate surface area is 61.6 Å². The van der Waals surface area contributed by atoms with Crippen molar-refractivity contribution in [1.29, 1.82) is 0 Å². The SMILES string of the molecule is CC1(C)CCOC(C=O)C1. The van der Waals surface area contributed by atoms with Gasteiger partial charge in [-0.2, -0.15) is 0 Å². The van der Waals surface area contributed by atoms with Gasteiger partial charge in [0.15, 0.2) is 0 Å². The second kappa shape index (κ2) is 2.70. The van der Waals surface area contributed by atoms with Crippen molar-refractivity contribution in [3.63, 3.8) is 0 Å². The van der Waals surface area contributed by atoms with Gasteiger partial charge in [-0.3, -0.25) is 0 Å². The highest BCUT2D eigenvalue weighted by Gasteiger charge is 2.27. The zero-order valence-corrected chi connectivity index (χ0v) is 6.59. The number of hydrogen-bond acceptors (Lipinski definition) is 2. The van der Waals surface area contributed by atoms with E-state index in [-0.39, 0.29) is 6.10 Å². The first-order valence-electron chi connectivity index (χ1n) is 3.71. The Morgan fingerprint density at radius 3 is 2.70 bits per heavy atom. The summed E-state index contributed by atoms with van der Waals surface area (Å²) in [6, 6.07) is 0. The summed E-state index contributed by atoms with van der Waals surface area (Å²) < 4.78 is 5.19. The second-order valence-electron chi connectivity index (χ2n) is 3.66. The van der Waals surface area contributed by atoms with Crippen LogP contribution in [0.15, 0.2) is 0 Å². The fraction of sp³-hybridized carbons (Fsp3) is 0.875. The Bertz CT molecular complexity index is 129. The Kier molecular flexibility index (Phi) is 2.09. The first-order valence-corrected chi connectivity index (χ1v) is 3.71. The minimum atomic E-state index is -0.149. The van der Waals surface area contributed by atoms with Gasteiger partial charge in [-0.05, 0) is 18.3 Å². The largest absolute Gasteiger partial charge is 0.371 e. The standard InChI is InChI=1S/C8H14O2/c1-8(2)3-4-10-7(5-8)6-9/h6-7H,3-5H2,1-2H3. The van der Waals surface area contributed by atoms with Crippen LogP contribution in [0.2, 0.25) is 0 Å². The molecule has 0 saturated carbocycles. The third kappa shape index (κ3) is 1.81. The third-order valence-electron chi connectivity index (χ3n) is 2.02. The van der Waals surface area contributed by atoms with E-state index in [0.717, 1.165) is 25.7 Å². The van der Waals surface area contributed by atoms with E-state index in [0.29, 0.717) is 5.41 Å². The van der Waals surface area contributed by atoms with Crippen LogP contribution in [0.1, 0.15) is 26.7 Å². The Balaban J connectivity index is 2.47. The molecule has 0 aliphatic carbocycles. The lowest BCUT2D eigenvalue weighted by Crippen LogP contribution is -2.31. The molecule has 0 aromatic rings. The molecule has 2 nitrogen and oxygen atoms in total. The monoisotopic (exact) mass is 142 g/mol. The quantitative estimate of drug-likeness (QED) is 0.517. The number of ether oxygens (including phenoxy) is 1. The van der Waals surface area contributed by atoms with Crippen molar-refractivity contribution in [1.82, 2.24) is 0 Å². The van der Waals surface area contributed by atoms with Crippen molar-refractivity contribution in [2.24, 2.45) is 5.41 Å². The van der Waals surface area contributed by atoms with E-state index in [4.69, 9.17) is 4.74 Å². The van der Waals surface area contributed by atoms with Crippen LogP contribution in [0.3, 0.4) is 0 Å². The molecule has 10 heavy (non-hydrogen) atoms. The van der Waals surface area contributed by atoms with Crippen molar-refractivity contribution in [3.05, 3.63) is 0 Å². The van der Waals surface area contributed by atoms with Crippen molar-refractivity contribution in [2.75, 3.05) is 6.61 Å². The fourth-order valence-corrected chi connectivity index (χ4v) is 1.28. The molecule has 0 N–H and O–H groups in total. The molecule has 1 rings (SSSR count). The van der Waals surface area contributed by atoms with Gasteiger partial charge < -0.3 is 9.53 Å². The Morgan fingerprint density at radius 1 is 1.60 bits per heavy atom. The summed E-state index contributed by atoms with van der Waals surface area (Å²) >= 11 is 0. The minimum Gasteiger partial charge on any atom is -0.371 e. The maximum Gasteiger partial charge on any atom is 0.148 e. The van der Waals surface area contributed by atoms with Crippen molar-refractivity contribution in [3.8, 4) is 0 Å². The van der Waals surface area contributed by atoms with Gasteiger partial charge in [-0.15, -0.1) is 0 Å². The van der Waals surface area contributed by atoms with Crippen LogP contribution >= 0.6 is 0 Å². The first-order chi connectivity index (χ1) is 4.64. The summed E-state index contributed by atoms with van der Waals surface area (Å²) in [5.74, 6) is 0. The highest BCUT2D eigenvalue weighted by Crippen LogP contribution is 2.31. The van der Waals surface area contributed by atoms with Crippen LogP contribution in [-0.2, 0) is 9.53 Å². The number of carbonyl (C=O) groups is 1. The van der Waals surface area contributed by atoms with Crippen LogP contribution in [0, 0.1) is 5.41 Å². The number of aldehydes is 1. The lowest BCUT2D eigenvalue weighted by Gasteiger charge is -2.32. The zero-order valence-electron chi connectivity index (χ0n) is 6.59. The molecule has 0 amide bonds. The van der Waals surface area contributed by atoms with Gasteiger partial charge in [-0.1, -0.05) is 13.8 Å². The molecular weight excluding hydrogens is 128 g/mol. The number of carbonyl (C=O) groups excluding carboxylic acids is 1. The summed E-state index contributed by atoms with van der Waals surface area (Å²) in [5, 5.41) is 0. The molecule has 1 fully saturated rings. The summed E-state index contributed by atoms with van der Waals surface area (Å²) in [5.41, 5.74) is 0.295. The Morgan fingerprint density at radius 2 is 2.30 bits per heavy atom. The van der Waals surface area contributed by atoms with Gasteiger partial charge in [0.1, 0.15) is 12.4 Å². The van der Waals surface area contributed by atoms with E-state index in [1.54, 1.807) is 0 Å². The predicted molar refractivity (Wildman–Crippen MR) is 38.8 cm³/mol. The van der Waals surface area contributed by atoms with E-state index in [1.807, 2.05) is 0 Å². The van der Waals surface area contributed by atoms with E-state index in [2.05, 4.69) is 13.8 Å². The molecule has 1 atom stereocenters. The molecule has 58 valence electrons. The topological polar surface area (TPSA) is 26.3 Å². The summed E-state index contributed by atoms with van der Waals surface area (Å²) in [6.07, 6.45) is 2.69. The fourth-order valence-electron chi connectivity index (χ4n) is 1.28. The maximum absolute atomic E-state index is 10.3. The number of hydrogen-bond donors (Lipinski definition) is 0. The van der Waals surface area contributed by atoms with Gasteiger partial charge >= 0.3 is 0 Å². The second-order valence-corrected chi connectivity index (χ2v) is 3.66. The lowest BCUT2D eigenvalue weighted by atomic mass is 9.82. The van der Waals surface area contributed by atoms with Crippen LogP contribution in [0.4, 0.5) is 0 Å². The van der Waals surface area contributed by atoms with Crippen molar-refractivity contribution >= 4 is 6.29 Å². The highest BCUT2D eigenvalue weighted by atomic mass is 16.5. The van der Waals surface area contributed by atoms with Gasteiger partial charge in [-0.25, -0.2) is 0 Å². The first kappa shape index (κ1) is 7.73. The molecular formula is C8H14O2. The molecule has 2 heteroatoms. The summed E-state index contributed by atoms with van der Waals surface area (Å²) in [7, 11) is 0. The minimum absolute atomic E-state index is 0.149. The normalized spacial score (nSPS) is 31.6. The molecule has 0 spiro atoms. The lowest BCUT2D eigenvalue weighted by molar-refractivity contribution is -0.124. The van der Waals surface area contributed by atoms with Gasteiger partial charge in [0.2, 0.25) is 0 Å². The van der Waals surface area contributed by atoms with E-state index in [9.17, 15) is 4.79 Å². The molecule has 0 bridgehead atoms. The van der Waals surface area contributed by atoms with E-state index < -0.39 is 0 Å². The average Bonchev–Trinajstić information content (AvgIpc) is 1.86. The maximum atomic E-state index is 10.3. The zero-order chi connectivity index (χ0) is 7.61. The van der Waals surface area contributed by atoms with Crippen molar-refractivity contribution in [2.45, 2.75) is 32.8 Å². The number of rotatable bonds is 1. The predicted octanol–water partition coefficient (Wildman–Crippen LogP) is 1.39. The summed E-state index contributed by atoms with van der Waals surface area (Å²) in [4.78, 5) is 10.3. The molecule has 1 saturated heterocycles. The molecule has 0 radical (unpaired) electrons. The third-order valence-corrected chi connectivity index (χ3v) is 2.02. The van der Waals surface area contributed by atoms with E-state index >= 15 is 0 Å². The molecule has 0 aromatic heterocycles. The molecule has 1 aliphatic rings. The van der Waals surface area contributed by atoms with Gasteiger partial charge in [0, 0.05) is 6.61 Å². The highest BCUT2D eigenvalue weighted by molar-refractivity contribution is 5.56. The molecule has 1 unspecified atom stereocenters. The van der Waals surface area contributed by atoms with Crippen LogP contribution in [-0.4, -0.2) is 19.0 Å².